The number of hydrogen-bond donors (Lipinski definition) is 2. The molecule has 120 valence electrons. The Morgan fingerprint density at radius 1 is 1.18 bits per heavy atom. The van der Waals surface area contributed by atoms with Crippen LogP contribution in [0.3, 0.4) is 0 Å². The highest BCUT2D eigenvalue weighted by molar-refractivity contribution is 7.89. The highest BCUT2D eigenvalue weighted by atomic mass is 32.2. The van der Waals surface area contributed by atoms with Gasteiger partial charge in [-0.3, -0.25) is 0 Å². The van der Waals surface area contributed by atoms with Gasteiger partial charge in [0.25, 0.3) is 0 Å². The monoisotopic (exact) mass is 323 g/mol. The van der Waals surface area contributed by atoms with Gasteiger partial charge in [-0.05, 0) is 25.5 Å². The summed E-state index contributed by atoms with van der Waals surface area (Å²) in [6.45, 7) is 4.10. The topological polar surface area (TPSA) is 75.6 Å². The highest BCUT2D eigenvalue weighted by Gasteiger charge is 2.19. The molecule has 0 spiro atoms. The molecule has 2 aromatic rings. The second kappa shape index (κ2) is 7.09. The van der Waals surface area contributed by atoms with Crippen molar-refractivity contribution >= 4 is 20.8 Å². The Morgan fingerprint density at radius 2 is 1.86 bits per heavy atom. The van der Waals surface area contributed by atoms with Crippen LogP contribution in [-0.4, -0.2) is 32.8 Å². The Labute approximate surface area is 131 Å². The number of sulfonamides is 1. The van der Waals surface area contributed by atoms with Crippen LogP contribution in [0.1, 0.15) is 20.3 Å². The fraction of sp³-hybridized carbons (Fsp3) is 0.375. The largest absolute Gasteiger partial charge is 0.493 e. The van der Waals surface area contributed by atoms with Crippen LogP contribution in [0.5, 0.6) is 5.75 Å². The zero-order valence-electron chi connectivity index (χ0n) is 12.7. The lowest BCUT2D eigenvalue weighted by molar-refractivity contribution is 0.198. The maximum atomic E-state index is 12.4. The van der Waals surface area contributed by atoms with E-state index >= 15 is 0 Å². The van der Waals surface area contributed by atoms with E-state index in [-0.39, 0.29) is 11.4 Å². The Morgan fingerprint density at radius 3 is 2.50 bits per heavy atom. The molecule has 0 unspecified atom stereocenters. The number of fused-ring (bicyclic) bond motifs is 1. The lowest BCUT2D eigenvalue weighted by Crippen LogP contribution is -2.30. The predicted octanol–water partition coefficient (Wildman–Crippen LogP) is 2.29. The van der Waals surface area contributed by atoms with Gasteiger partial charge in [-0.2, -0.15) is 0 Å². The Bertz CT molecular complexity index is 741. The maximum Gasteiger partial charge on any atom is 0.241 e. The second-order valence-corrected chi connectivity index (χ2v) is 6.89. The number of hydrogen-bond acceptors (Lipinski definition) is 4. The SMILES string of the molecule is CCCOc1ccc(S(=O)(=O)NC[C@H](C)O)c2ccccc12. The lowest BCUT2D eigenvalue weighted by atomic mass is 10.1. The normalized spacial score (nSPS) is 13.2. The quantitative estimate of drug-likeness (QED) is 0.820. The van der Waals surface area contributed by atoms with E-state index in [0.717, 1.165) is 11.8 Å². The number of nitrogens with one attached hydrogen (secondary N) is 1. The van der Waals surface area contributed by atoms with Crippen LogP contribution in [0.2, 0.25) is 0 Å². The Balaban J connectivity index is 2.48. The van der Waals surface area contributed by atoms with Crippen LogP contribution in [0, 0.1) is 0 Å². The zero-order chi connectivity index (χ0) is 16.2. The van der Waals surface area contributed by atoms with Crippen LogP contribution in [0.4, 0.5) is 0 Å². The minimum Gasteiger partial charge on any atom is -0.493 e. The fourth-order valence-corrected chi connectivity index (χ4v) is 3.45. The summed E-state index contributed by atoms with van der Waals surface area (Å²) in [6.07, 6.45) is 0.137. The zero-order valence-corrected chi connectivity index (χ0v) is 13.6. The smallest absolute Gasteiger partial charge is 0.241 e. The first kappa shape index (κ1) is 16.7. The van der Waals surface area contributed by atoms with Gasteiger partial charge in [0.05, 0.1) is 17.6 Å². The molecule has 0 aliphatic heterocycles. The van der Waals surface area contributed by atoms with Gasteiger partial charge in [0.1, 0.15) is 5.75 Å². The predicted molar refractivity (Wildman–Crippen MR) is 86.6 cm³/mol. The van der Waals surface area contributed by atoms with E-state index in [2.05, 4.69) is 4.72 Å². The summed E-state index contributed by atoms with van der Waals surface area (Å²) in [4.78, 5) is 0.188. The molecule has 0 bridgehead atoms. The van der Waals surface area contributed by atoms with Gasteiger partial charge in [-0.15, -0.1) is 0 Å². The molecule has 0 saturated carbocycles. The van der Waals surface area contributed by atoms with E-state index in [4.69, 9.17) is 4.74 Å². The van der Waals surface area contributed by atoms with Gasteiger partial charge < -0.3 is 9.84 Å². The minimum atomic E-state index is -3.68. The van der Waals surface area contributed by atoms with Gasteiger partial charge in [-0.25, -0.2) is 13.1 Å². The number of aliphatic hydroxyl groups excluding tert-OH is 1. The molecule has 0 amide bonds. The molecule has 0 fully saturated rings. The summed E-state index contributed by atoms with van der Waals surface area (Å²) in [5, 5.41) is 10.6. The van der Waals surface area contributed by atoms with Crippen LogP contribution in [-0.2, 0) is 10.0 Å². The third-order valence-electron chi connectivity index (χ3n) is 3.16. The van der Waals surface area contributed by atoms with Gasteiger partial charge in [0.15, 0.2) is 0 Å². The van der Waals surface area contributed by atoms with Gasteiger partial charge in [0, 0.05) is 17.3 Å². The maximum absolute atomic E-state index is 12.4. The first-order valence-corrected chi connectivity index (χ1v) is 8.76. The van der Waals surface area contributed by atoms with E-state index < -0.39 is 16.1 Å². The molecule has 0 radical (unpaired) electrons. The molecule has 0 aliphatic carbocycles. The average Bonchev–Trinajstić information content (AvgIpc) is 2.50. The molecule has 2 N–H and O–H groups in total. The van der Waals surface area contributed by atoms with Gasteiger partial charge in [0.2, 0.25) is 10.0 Å². The van der Waals surface area contributed by atoms with Crippen LogP contribution in [0.15, 0.2) is 41.3 Å². The molecular formula is C16H21NO4S. The molecule has 6 heteroatoms. The summed E-state index contributed by atoms with van der Waals surface area (Å²) in [5.74, 6) is 0.673. The van der Waals surface area contributed by atoms with Crippen molar-refractivity contribution in [2.45, 2.75) is 31.3 Å². The third-order valence-corrected chi connectivity index (χ3v) is 4.65. The summed E-state index contributed by atoms with van der Waals surface area (Å²) in [7, 11) is -3.68. The molecule has 0 aliphatic rings. The van der Waals surface area contributed by atoms with Crippen LogP contribution in [0.25, 0.3) is 10.8 Å². The molecule has 2 rings (SSSR count). The van der Waals surface area contributed by atoms with Crippen molar-refractivity contribution in [2.24, 2.45) is 0 Å². The number of aliphatic hydroxyl groups is 1. The van der Waals surface area contributed by atoms with Crippen LogP contribution >= 0.6 is 0 Å². The van der Waals surface area contributed by atoms with E-state index in [0.29, 0.717) is 17.7 Å². The molecular weight excluding hydrogens is 302 g/mol. The van der Waals surface area contributed by atoms with Gasteiger partial charge >= 0.3 is 0 Å². The summed E-state index contributed by atoms with van der Waals surface area (Å²) < 4.78 is 32.9. The first-order chi connectivity index (χ1) is 10.5. The van der Waals surface area contributed by atoms with Crippen molar-refractivity contribution in [1.29, 1.82) is 0 Å². The standard InChI is InChI=1S/C16H21NO4S/c1-3-10-21-15-8-9-16(14-7-5-4-6-13(14)15)22(19,20)17-11-12(2)18/h4-9,12,17-18H,3,10-11H2,1-2H3/t12-/m0/s1. The van der Waals surface area contributed by atoms with E-state index in [1.165, 1.54) is 13.0 Å². The van der Waals surface area contributed by atoms with Crippen molar-refractivity contribution in [3.05, 3.63) is 36.4 Å². The summed E-state index contributed by atoms with van der Waals surface area (Å²) >= 11 is 0. The molecule has 5 nitrogen and oxygen atoms in total. The van der Waals surface area contributed by atoms with Crippen molar-refractivity contribution < 1.29 is 18.3 Å². The van der Waals surface area contributed by atoms with Crippen molar-refractivity contribution in [2.75, 3.05) is 13.2 Å². The third kappa shape index (κ3) is 3.76. The Hall–Kier alpha value is -1.63. The molecule has 22 heavy (non-hydrogen) atoms. The molecule has 0 heterocycles. The van der Waals surface area contributed by atoms with E-state index in [1.807, 2.05) is 19.1 Å². The van der Waals surface area contributed by atoms with Gasteiger partial charge in [-0.1, -0.05) is 31.2 Å². The molecule has 0 aromatic heterocycles. The van der Waals surface area contributed by atoms with Crippen molar-refractivity contribution in [3.63, 3.8) is 0 Å². The van der Waals surface area contributed by atoms with E-state index in [9.17, 15) is 13.5 Å². The number of benzene rings is 2. The summed E-state index contributed by atoms with van der Waals surface area (Å²) in [6, 6.07) is 10.5. The fourth-order valence-electron chi connectivity index (χ4n) is 2.12. The van der Waals surface area contributed by atoms with E-state index in [1.54, 1.807) is 18.2 Å². The van der Waals surface area contributed by atoms with Crippen molar-refractivity contribution in [1.82, 2.24) is 4.72 Å². The molecule has 1 atom stereocenters. The van der Waals surface area contributed by atoms with Crippen LogP contribution < -0.4 is 9.46 Å². The highest BCUT2D eigenvalue weighted by Crippen LogP contribution is 2.31. The molecule has 2 aromatic carbocycles. The molecule has 0 saturated heterocycles. The van der Waals surface area contributed by atoms with Crippen molar-refractivity contribution in [3.8, 4) is 5.75 Å². The second-order valence-electron chi connectivity index (χ2n) is 5.16. The lowest BCUT2D eigenvalue weighted by Gasteiger charge is -2.13. The number of rotatable bonds is 7. The Kier molecular flexibility index (Phi) is 5.39. The first-order valence-electron chi connectivity index (χ1n) is 7.28. The summed E-state index contributed by atoms with van der Waals surface area (Å²) in [5.41, 5.74) is 0. The number of ether oxygens (including phenoxy) is 1. The minimum absolute atomic E-state index is 0.0231. The average molecular weight is 323 g/mol.